The number of nitrogens with one attached hydrogen (secondary N) is 3. The summed E-state index contributed by atoms with van der Waals surface area (Å²) < 4.78 is 5.23. The van der Waals surface area contributed by atoms with Gasteiger partial charge in [0.1, 0.15) is 6.04 Å². The zero-order valence-corrected chi connectivity index (χ0v) is 19.7. The van der Waals surface area contributed by atoms with Gasteiger partial charge in [0, 0.05) is 25.1 Å². The van der Waals surface area contributed by atoms with Gasteiger partial charge in [-0.2, -0.15) is 0 Å². The molecule has 0 aliphatic heterocycles. The van der Waals surface area contributed by atoms with Crippen molar-refractivity contribution in [3.8, 4) is 0 Å². The van der Waals surface area contributed by atoms with Gasteiger partial charge >= 0.3 is 5.97 Å². The van der Waals surface area contributed by atoms with E-state index in [0.29, 0.717) is 38.1 Å². The fourth-order valence-electron chi connectivity index (χ4n) is 3.54. The SMILES string of the molecule is CCOC(=O)C(Cc1ccccc1)NCc1cccc(NC(=O)CCCCCCC(=O)NO)c1. The van der Waals surface area contributed by atoms with E-state index in [2.05, 4.69) is 10.6 Å². The Labute approximate surface area is 201 Å². The van der Waals surface area contributed by atoms with E-state index in [9.17, 15) is 14.4 Å². The number of rotatable bonds is 15. The molecule has 2 rings (SSSR count). The van der Waals surface area contributed by atoms with Gasteiger partial charge in [-0.3, -0.25) is 19.6 Å². The van der Waals surface area contributed by atoms with Gasteiger partial charge in [-0.25, -0.2) is 5.48 Å². The minimum absolute atomic E-state index is 0.0633. The van der Waals surface area contributed by atoms with Crippen molar-refractivity contribution >= 4 is 23.5 Å². The topological polar surface area (TPSA) is 117 Å². The van der Waals surface area contributed by atoms with E-state index in [4.69, 9.17) is 9.94 Å². The van der Waals surface area contributed by atoms with Crippen molar-refractivity contribution in [1.29, 1.82) is 0 Å². The highest BCUT2D eigenvalue weighted by Gasteiger charge is 2.19. The third-order valence-electron chi connectivity index (χ3n) is 5.30. The normalized spacial score (nSPS) is 11.5. The van der Waals surface area contributed by atoms with E-state index in [1.807, 2.05) is 54.6 Å². The van der Waals surface area contributed by atoms with Crippen LogP contribution in [0.4, 0.5) is 5.69 Å². The van der Waals surface area contributed by atoms with Crippen molar-refractivity contribution in [3.63, 3.8) is 0 Å². The second-order valence-corrected chi connectivity index (χ2v) is 8.07. The molecule has 2 amide bonds. The molecule has 0 fully saturated rings. The molecular formula is C26H35N3O5. The molecule has 0 bridgehead atoms. The molecule has 1 unspecified atom stereocenters. The first-order chi connectivity index (χ1) is 16.5. The van der Waals surface area contributed by atoms with Crippen molar-refractivity contribution in [2.45, 2.75) is 64.5 Å². The zero-order valence-electron chi connectivity index (χ0n) is 19.7. The highest BCUT2D eigenvalue weighted by molar-refractivity contribution is 5.90. The summed E-state index contributed by atoms with van der Waals surface area (Å²) in [5, 5.41) is 14.7. The highest BCUT2D eigenvalue weighted by atomic mass is 16.5. The maximum absolute atomic E-state index is 12.4. The van der Waals surface area contributed by atoms with E-state index in [1.54, 1.807) is 12.4 Å². The molecule has 2 aromatic rings. The van der Waals surface area contributed by atoms with Gasteiger partial charge < -0.3 is 15.4 Å². The molecule has 0 radical (unpaired) electrons. The molecule has 0 saturated heterocycles. The average Bonchev–Trinajstić information content (AvgIpc) is 2.84. The van der Waals surface area contributed by atoms with Gasteiger partial charge in [0.25, 0.3) is 0 Å². The van der Waals surface area contributed by atoms with Crippen LogP contribution >= 0.6 is 0 Å². The monoisotopic (exact) mass is 469 g/mol. The van der Waals surface area contributed by atoms with E-state index in [-0.39, 0.29) is 24.2 Å². The van der Waals surface area contributed by atoms with Gasteiger partial charge in [-0.15, -0.1) is 0 Å². The summed E-state index contributed by atoms with van der Waals surface area (Å²) >= 11 is 0. The number of hydrogen-bond acceptors (Lipinski definition) is 6. The average molecular weight is 470 g/mol. The van der Waals surface area contributed by atoms with E-state index >= 15 is 0 Å². The van der Waals surface area contributed by atoms with Crippen molar-refractivity contribution in [1.82, 2.24) is 10.8 Å². The first-order valence-corrected chi connectivity index (χ1v) is 11.8. The number of hydrogen-bond donors (Lipinski definition) is 4. The largest absolute Gasteiger partial charge is 0.465 e. The van der Waals surface area contributed by atoms with Crippen LogP contribution in [0, 0.1) is 0 Å². The molecule has 34 heavy (non-hydrogen) atoms. The van der Waals surface area contributed by atoms with Crippen LogP contribution in [0.25, 0.3) is 0 Å². The quantitative estimate of drug-likeness (QED) is 0.137. The number of unbranched alkanes of at least 4 members (excludes halogenated alkanes) is 3. The number of anilines is 1. The number of esters is 1. The van der Waals surface area contributed by atoms with Crippen LogP contribution in [-0.4, -0.2) is 35.6 Å². The van der Waals surface area contributed by atoms with Crippen LogP contribution in [0.1, 0.15) is 56.6 Å². The van der Waals surface area contributed by atoms with E-state index in [0.717, 1.165) is 30.4 Å². The predicted molar refractivity (Wildman–Crippen MR) is 130 cm³/mol. The van der Waals surface area contributed by atoms with E-state index in [1.165, 1.54) is 0 Å². The Balaban J connectivity index is 1.81. The Kier molecular flexibility index (Phi) is 12.4. The predicted octanol–water partition coefficient (Wildman–Crippen LogP) is 3.74. The van der Waals surface area contributed by atoms with Crippen molar-refractivity contribution in [2.75, 3.05) is 11.9 Å². The highest BCUT2D eigenvalue weighted by Crippen LogP contribution is 2.13. The maximum Gasteiger partial charge on any atom is 0.323 e. The minimum Gasteiger partial charge on any atom is -0.465 e. The van der Waals surface area contributed by atoms with Gasteiger partial charge in [-0.05, 0) is 49.4 Å². The first-order valence-electron chi connectivity index (χ1n) is 11.8. The molecule has 8 nitrogen and oxygen atoms in total. The van der Waals surface area contributed by atoms with Crippen molar-refractivity contribution in [3.05, 3.63) is 65.7 Å². The number of amides is 2. The second-order valence-electron chi connectivity index (χ2n) is 8.07. The van der Waals surface area contributed by atoms with Crippen LogP contribution in [0.2, 0.25) is 0 Å². The molecule has 0 aliphatic rings. The number of ether oxygens (including phenoxy) is 1. The second kappa shape index (κ2) is 15.6. The molecule has 4 N–H and O–H groups in total. The van der Waals surface area contributed by atoms with Crippen molar-refractivity contribution in [2.24, 2.45) is 0 Å². The smallest absolute Gasteiger partial charge is 0.323 e. The van der Waals surface area contributed by atoms with Gasteiger partial charge in [0.15, 0.2) is 0 Å². The Hall–Kier alpha value is -3.23. The summed E-state index contributed by atoms with van der Waals surface area (Å²) in [5.41, 5.74) is 4.31. The molecular weight excluding hydrogens is 434 g/mol. The number of carbonyl (C=O) groups excluding carboxylic acids is 3. The summed E-state index contributed by atoms with van der Waals surface area (Å²) in [6, 6.07) is 16.9. The van der Waals surface area contributed by atoms with Crippen LogP contribution < -0.4 is 16.1 Å². The summed E-state index contributed by atoms with van der Waals surface area (Å²) in [4.78, 5) is 35.6. The fraction of sp³-hybridized carbons (Fsp3) is 0.423. The fourth-order valence-corrected chi connectivity index (χ4v) is 3.54. The number of carbonyl (C=O) groups is 3. The lowest BCUT2D eigenvalue weighted by molar-refractivity contribution is -0.145. The minimum atomic E-state index is -0.468. The Morgan fingerprint density at radius 3 is 2.24 bits per heavy atom. The van der Waals surface area contributed by atoms with Crippen LogP contribution in [0.5, 0.6) is 0 Å². The van der Waals surface area contributed by atoms with Gasteiger partial charge in [0.2, 0.25) is 11.8 Å². The summed E-state index contributed by atoms with van der Waals surface area (Å²) in [6.45, 7) is 2.58. The lowest BCUT2D eigenvalue weighted by Crippen LogP contribution is -2.39. The molecule has 2 aromatic carbocycles. The first kappa shape index (κ1) is 27.0. The van der Waals surface area contributed by atoms with Crippen LogP contribution in [0.15, 0.2) is 54.6 Å². The summed E-state index contributed by atoms with van der Waals surface area (Å²) in [6.07, 6.45) is 4.29. The molecule has 0 spiro atoms. The molecule has 0 saturated carbocycles. The molecule has 0 heterocycles. The lowest BCUT2D eigenvalue weighted by Gasteiger charge is -2.18. The molecule has 0 aromatic heterocycles. The van der Waals surface area contributed by atoms with Gasteiger partial charge in [-0.1, -0.05) is 55.3 Å². The van der Waals surface area contributed by atoms with E-state index < -0.39 is 6.04 Å². The Morgan fingerprint density at radius 1 is 0.882 bits per heavy atom. The number of hydroxylamine groups is 1. The Morgan fingerprint density at radius 2 is 1.56 bits per heavy atom. The third-order valence-corrected chi connectivity index (χ3v) is 5.30. The lowest BCUT2D eigenvalue weighted by atomic mass is 10.1. The number of benzene rings is 2. The Bertz CT molecular complexity index is 904. The molecule has 1 atom stereocenters. The summed E-state index contributed by atoms with van der Waals surface area (Å²) in [5.74, 6) is -0.736. The van der Waals surface area contributed by atoms with Crippen LogP contribution in [0.3, 0.4) is 0 Å². The molecule has 0 aliphatic carbocycles. The third kappa shape index (κ3) is 10.6. The standard InChI is InChI=1S/C26H35N3O5/c1-2-34-26(32)23(18-20-11-6-5-7-12-20)27-19-21-13-10-14-22(17-21)28-24(30)15-8-3-4-9-16-25(31)29-33/h5-7,10-14,17,23,27,33H,2-4,8-9,15-16,18-19H2,1H3,(H,28,30)(H,29,31). The molecule has 184 valence electrons. The van der Waals surface area contributed by atoms with Crippen LogP contribution in [-0.2, 0) is 32.1 Å². The van der Waals surface area contributed by atoms with Gasteiger partial charge in [0.05, 0.1) is 6.61 Å². The maximum atomic E-state index is 12.4. The molecule has 8 heteroatoms. The zero-order chi connectivity index (χ0) is 24.6. The summed E-state index contributed by atoms with van der Waals surface area (Å²) in [7, 11) is 0. The van der Waals surface area contributed by atoms with Crippen molar-refractivity contribution < 1.29 is 24.3 Å².